The first-order valence-electron chi connectivity index (χ1n) is 10.5. The molecule has 1 amide bonds. The van der Waals surface area contributed by atoms with Crippen LogP contribution in [0.5, 0.6) is 17.2 Å². The molecule has 0 aliphatic carbocycles. The molecule has 0 aromatic heterocycles. The largest absolute Gasteiger partial charge is 0.493 e. The van der Waals surface area contributed by atoms with E-state index < -0.39 is 0 Å². The normalized spacial score (nSPS) is 10.7. The number of hydrogen-bond acceptors (Lipinski definition) is 5. The van der Waals surface area contributed by atoms with E-state index in [2.05, 4.69) is 24.1 Å². The molecule has 164 valence electrons. The molecule has 6 nitrogen and oxygen atoms in total. The third kappa shape index (κ3) is 7.26. The van der Waals surface area contributed by atoms with Crippen molar-refractivity contribution >= 4 is 5.91 Å². The predicted molar refractivity (Wildman–Crippen MR) is 119 cm³/mol. The van der Waals surface area contributed by atoms with Gasteiger partial charge in [0.15, 0.2) is 11.5 Å². The van der Waals surface area contributed by atoms with Crippen molar-refractivity contribution in [1.29, 1.82) is 0 Å². The van der Waals surface area contributed by atoms with Gasteiger partial charge in [0.2, 0.25) is 5.91 Å². The second kappa shape index (κ2) is 12.8. The lowest BCUT2D eigenvalue weighted by atomic mass is 10.1. The third-order valence-electron chi connectivity index (χ3n) is 5.10. The smallest absolute Gasteiger partial charge is 0.220 e. The van der Waals surface area contributed by atoms with Gasteiger partial charge in [-0.15, -0.1) is 0 Å². The lowest BCUT2D eigenvalue weighted by Crippen LogP contribution is -2.28. The molecule has 0 radical (unpaired) electrons. The Labute approximate surface area is 180 Å². The fourth-order valence-electron chi connectivity index (χ4n) is 3.19. The van der Waals surface area contributed by atoms with E-state index in [4.69, 9.17) is 14.2 Å². The van der Waals surface area contributed by atoms with Gasteiger partial charge >= 0.3 is 0 Å². The molecular formula is C24H34N2O4. The summed E-state index contributed by atoms with van der Waals surface area (Å²) in [6.07, 6.45) is 1.04. The van der Waals surface area contributed by atoms with E-state index in [1.807, 2.05) is 42.5 Å². The average molecular weight is 415 g/mol. The number of nitrogens with one attached hydrogen (secondary N) is 1. The van der Waals surface area contributed by atoms with Crippen molar-refractivity contribution in [1.82, 2.24) is 10.2 Å². The van der Waals surface area contributed by atoms with Gasteiger partial charge in [-0.05, 0) is 43.3 Å². The van der Waals surface area contributed by atoms with Crippen LogP contribution >= 0.6 is 0 Å². The maximum absolute atomic E-state index is 12.3. The van der Waals surface area contributed by atoms with Gasteiger partial charge in [-0.1, -0.05) is 38.1 Å². The van der Waals surface area contributed by atoms with Gasteiger partial charge in [0.1, 0.15) is 12.4 Å². The molecule has 0 aliphatic rings. The number of amides is 1. The summed E-state index contributed by atoms with van der Waals surface area (Å²) in [5.41, 5.74) is 2.01. The van der Waals surface area contributed by atoms with Crippen molar-refractivity contribution in [3.05, 3.63) is 53.6 Å². The van der Waals surface area contributed by atoms with Gasteiger partial charge in [-0.2, -0.15) is 0 Å². The Balaban J connectivity index is 1.83. The van der Waals surface area contributed by atoms with Crippen LogP contribution in [-0.4, -0.2) is 51.3 Å². The van der Waals surface area contributed by atoms with Gasteiger partial charge in [0, 0.05) is 25.1 Å². The lowest BCUT2D eigenvalue weighted by Gasteiger charge is -2.19. The summed E-state index contributed by atoms with van der Waals surface area (Å²) >= 11 is 0. The highest BCUT2D eigenvalue weighted by atomic mass is 16.5. The molecule has 30 heavy (non-hydrogen) atoms. The maximum Gasteiger partial charge on any atom is 0.220 e. The molecule has 0 saturated heterocycles. The van der Waals surface area contributed by atoms with Crippen LogP contribution in [0.4, 0.5) is 0 Å². The number of ether oxygens (including phenoxy) is 3. The zero-order chi connectivity index (χ0) is 21.8. The van der Waals surface area contributed by atoms with Crippen molar-refractivity contribution in [2.45, 2.75) is 33.2 Å². The molecule has 0 saturated carbocycles. The van der Waals surface area contributed by atoms with Crippen LogP contribution in [0, 0.1) is 0 Å². The van der Waals surface area contributed by atoms with Gasteiger partial charge in [-0.3, -0.25) is 4.79 Å². The first-order chi connectivity index (χ1) is 14.6. The molecule has 2 aromatic rings. The summed E-state index contributed by atoms with van der Waals surface area (Å²) in [4.78, 5) is 14.7. The van der Waals surface area contributed by atoms with Gasteiger partial charge in [0.05, 0.1) is 14.2 Å². The summed E-state index contributed by atoms with van der Waals surface area (Å²) in [6.45, 7) is 8.29. The molecule has 2 aromatic carbocycles. The number of hydrogen-bond donors (Lipinski definition) is 1. The number of rotatable bonds is 13. The SMILES string of the molecule is CCN(CC)CCOc1ccccc1CNC(=O)CCc1ccc(OC)c(OC)c1. The van der Waals surface area contributed by atoms with Crippen molar-refractivity contribution in [2.75, 3.05) is 40.5 Å². The second-order valence-corrected chi connectivity index (χ2v) is 6.95. The summed E-state index contributed by atoms with van der Waals surface area (Å²) in [7, 11) is 3.21. The van der Waals surface area contributed by atoms with Gasteiger partial charge < -0.3 is 24.4 Å². The molecule has 0 unspecified atom stereocenters. The molecule has 2 rings (SSSR count). The minimum atomic E-state index is 0.00253. The molecule has 0 fully saturated rings. The van der Waals surface area contributed by atoms with Crippen LogP contribution < -0.4 is 19.5 Å². The summed E-state index contributed by atoms with van der Waals surface area (Å²) in [6, 6.07) is 13.6. The number of methoxy groups -OCH3 is 2. The molecule has 0 atom stereocenters. The number of para-hydroxylation sites is 1. The quantitative estimate of drug-likeness (QED) is 0.542. The zero-order valence-electron chi connectivity index (χ0n) is 18.6. The summed E-state index contributed by atoms with van der Waals surface area (Å²) in [5, 5.41) is 3.00. The Morgan fingerprint density at radius 1 is 0.967 bits per heavy atom. The first-order valence-corrected chi connectivity index (χ1v) is 10.5. The van der Waals surface area contributed by atoms with Crippen LogP contribution in [0.3, 0.4) is 0 Å². The first kappa shape index (κ1) is 23.5. The molecule has 0 spiro atoms. The highest BCUT2D eigenvalue weighted by Crippen LogP contribution is 2.28. The highest BCUT2D eigenvalue weighted by molar-refractivity contribution is 5.76. The van der Waals surface area contributed by atoms with E-state index in [1.165, 1.54) is 0 Å². The van der Waals surface area contributed by atoms with E-state index in [0.29, 0.717) is 37.5 Å². The van der Waals surface area contributed by atoms with Crippen LogP contribution in [0.1, 0.15) is 31.4 Å². The third-order valence-corrected chi connectivity index (χ3v) is 5.10. The Bertz CT molecular complexity index is 791. The Hall–Kier alpha value is -2.73. The standard InChI is InChI=1S/C24H34N2O4/c1-5-26(6-2)15-16-30-21-10-8-7-9-20(21)18-25-24(27)14-12-19-11-13-22(28-3)23(17-19)29-4/h7-11,13,17H,5-6,12,14-16,18H2,1-4H3,(H,25,27). The van der Waals surface area contributed by atoms with E-state index in [0.717, 1.165) is 36.5 Å². The van der Waals surface area contributed by atoms with Crippen LogP contribution in [0.2, 0.25) is 0 Å². The zero-order valence-corrected chi connectivity index (χ0v) is 18.6. The van der Waals surface area contributed by atoms with Gasteiger partial charge in [0.25, 0.3) is 0 Å². The molecule has 0 heterocycles. The van der Waals surface area contributed by atoms with Crippen molar-refractivity contribution in [3.8, 4) is 17.2 Å². The second-order valence-electron chi connectivity index (χ2n) is 6.95. The Morgan fingerprint density at radius 2 is 1.70 bits per heavy atom. The minimum absolute atomic E-state index is 0.00253. The molecule has 0 bridgehead atoms. The molecule has 0 aliphatic heterocycles. The number of carbonyl (C=O) groups excluding carboxylic acids is 1. The van der Waals surface area contributed by atoms with Crippen molar-refractivity contribution in [3.63, 3.8) is 0 Å². The monoisotopic (exact) mass is 414 g/mol. The van der Waals surface area contributed by atoms with E-state index in [1.54, 1.807) is 14.2 Å². The van der Waals surface area contributed by atoms with Crippen LogP contribution in [-0.2, 0) is 17.8 Å². The van der Waals surface area contributed by atoms with E-state index in [-0.39, 0.29) is 5.91 Å². The van der Waals surface area contributed by atoms with Crippen LogP contribution in [0.25, 0.3) is 0 Å². The van der Waals surface area contributed by atoms with E-state index in [9.17, 15) is 4.79 Å². The van der Waals surface area contributed by atoms with Gasteiger partial charge in [-0.25, -0.2) is 0 Å². The highest BCUT2D eigenvalue weighted by Gasteiger charge is 2.09. The number of benzene rings is 2. The van der Waals surface area contributed by atoms with Crippen molar-refractivity contribution < 1.29 is 19.0 Å². The number of carbonyl (C=O) groups is 1. The predicted octanol–water partition coefficient (Wildman–Crippen LogP) is 3.67. The minimum Gasteiger partial charge on any atom is -0.493 e. The van der Waals surface area contributed by atoms with Crippen molar-refractivity contribution in [2.24, 2.45) is 0 Å². The topological polar surface area (TPSA) is 60.0 Å². The molecular weight excluding hydrogens is 380 g/mol. The number of aryl methyl sites for hydroxylation is 1. The number of nitrogens with zero attached hydrogens (tertiary/aromatic N) is 1. The Morgan fingerprint density at radius 3 is 2.40 bits per heavy atom. The summed E-state index contributed by atoms with van der Waals surface area (Å²) in [5.74, 6) is 2.18. The fraction of sp³-hybridized carbons (Fsp3) is 0.458. The lowest BCUT2D eigenvalue weighted by molar-refractivity contribution is -0.121. The Kier molecular flexibility index (Phi) is 10.0. The van der Waals surface area contributed by atoms with Crippen LogP contribution in [0.15, 0.2) is 42.5 Å². The fourth-order valence-corrected chi connectivity index (χ4v) is 3.19. The summed E-state index contributed by atoms with van der Waals surface area (Å²) < 4.78 is 16.5. The average Bonchev–Trinajstić information content (AvgIpc) is 2.79. The molecule has 6 heteroatoms. The number of likely N-dealkylation sites (N-methyl/N-ethyl adjacent to an activating group) is 1. The molecule has 1 N–H and O–H groups in total. The maximum atomic E-state index is 12.3. The van der Waals surface area contributed by atoms with E-state index >= 15 is 0 Å².